The molecule has 0 bridgehead atoms. The van der Waals surface area contributed by atoms with Gasteiger partial charge in [-0.3, -0.25) is 9.39 Å². The van der Waals surface area contributed by atoms with Crippen molar-refractivity contribution in [1.82, 2.24) is 25.0 Å². The van der Waals surface area contributed by atoms with Gasteiger partial charge in [0.2, 0.25) is 5.89 Å². The highest BCUT2D eigenvalue weighted by atomic mass is 32.1. The molecule has 4 aromatic rings. The van der Waals surface area contributed by atoms with Crippen LogP contribution in [0, 0.1) is 6.92 Å². The fourth-order valence-electron chi connectivity index (χ4n) is 2.65. The number of nitrogens with zero attached hydrogens (tertiary/aromatic N) is 4. The molecule has 8 heteroatoms. The molecule has 0 unspecified atom stereocenters. The maximum atomic E-state index is 5.59. The Bertz CT molecular complexity index is 1030. The number of benzene rings is 1. The van der Waals surface area contributed by atoms with Gasteiger partial charge in [0, 0.05) is 30.4 Å². The van der Waals surface area contributed by atoms with E-state index in [0.29, 0.717) is 24.9 Å². The summed E-state index contributed by atoms with van der Waals surface area (Å²) in [6.07, 6.45) is 5.68. The summed E-state index contributed by atoms with van der Waals surface area (Å²) in [4.78, 5) is 14.3. The zero-order chi connectivity index (χ0) is 18.6. The average Bonchev–Trinajstić information content (AvgIpc) is 3.38. The quantitative estimate of drug-likeness (QED) is 0.410. The van der Waals surface area contributed by atoms with Crippen molar-refractivity contribution in [2.75, 3.05) is 7.05 Å². The Morgan fingerprint density at radius 1 is 1.15 bits per heavy atom. The lowest BCUT2D eigenvalue weighted by Crippen LogP contribution is -2.36. The Balaban J connectivity index is 1.33. The number of nitrogens with one attached hydrogen (secondary N) is 2. The number of aliphatic imine (C=N–C) groups is 1. The van der Waals surface area contributed by atoms with Crippen LogP contribution in [0.5, 0.6) is 0 Å². The van der Waals surface area contributed by atoms with Crippen molar-refractivity contribution >= 4 is 22.3 Å². The second-order valence-corrected chi connectivity index (χ2v) is 6.99. The molecule has 0 saturated heterocycles. The van der Waals surface area contributed by atoms with E-state index in [1.54, 1.807) is 24.6 Å². The van der Waals surface area contributed by atoms with Gasteiger partial charge in [0.05, 0.1) is 24.5 Å². The van der Waals surface area contributed by atoms with Gasteiger partial charge in [0.25, 0.3) is 0 Å². The van der Waals surface area contributed by atoms with Gasteiger partial charge in [-0.25, -0.2) is 9.97 Å². The molecule has 138 valence electrons. The third-order valence-electron chi connectivity index (χ3n) is 4.09. The molecule has 0 spiro atoms. The lowest BCUT2D eigenvalue weighted by molar-refractivity contribution is 0.572. The van der Waals surface area contributed by atoms with Crippen molar-refractivity contribution in [1.29, 1.82) is 0 Å². The van der Waals surface area contributed by atoms with Gasteiger partial charge < -0.3 is 15.1 Å². The predicted octanol–water partition coefficient (Wildman–Crippen LogP) is 3.22. The van der Waals surface area contributed by atoms with Crippen LogP contribution in [0.2, 0.25) is 0 Å². The standard InChI is InChI=1S/C19H20N6OS/c1-13-3-5-14(6-4-13)17-23-16(12-26-17)10-22-18(20-2)21-9-15-11-25-7-8-27-19(25)24-15/h3-8,11-12H,9-10H2,1-2H3,(H2,20,21,22). The molecule has 0 radical (unpaired) electrons. The van der Waals surface area contributed by atoms with Crippen molar-refractivity contribution in [2.24, 2.45) is 4.99 Å². The highest BCUT2D eigenvalue weighted by Gasteiger charge is 2.08. The highest BCUT2D eigenvalue weighted by molar-refractivity contribution is 7.15. The molecule has 1 aromatic carbocycles. The Morgan fingerprint density at radius 3 is 2.67 bits per heavy atom. The lowest BCUT2D eigenvalue weighted by Gasteiger charge is -2.09. The van der Waals surface area contributed by atoms with Gasteiger partial charge >= 0.3 is 0 Å². The number of oxazole rings is 1. The van der Waals surface area contributed by atoms with E-state index in [9.17, 15) is 0 Å². The molecule has 2 N–H and O–H groups in total. The Morgan fingerprint density at radius 2 is 1.93 bits per heavy atom. The zero-order valence-electron chi connectivity index (χ0n) is 15.1. The smallest absolute Gasteiger partial charge is 0.226 e. The Labute approximate surface area is 160 Å². The third kappa shape index (κ3) is 4.01. The van der Waals surface area contributed by atoms with Crippen LogP contribution in [-0.2, 0) is 13.1 Å². The number of fused-ring (bicyclic) bond motifs is 1. The molecule has 0 atom stereocenters. The van der Waals surface area contributed by atoms with Crippen molar-refractivity contribution in [3.8, 4) is 11.5 Å². The first kappa shape index (κ1) is 17.3. The third-order valence-corrected chi connectivity index (χ3v) is 4.86. The van der Waals surface area contributed by atoms with E-state index in [-0.39, 0.29) is 0 Å². The van der Waals surface area contributed by atoms with Crippen molar-refractivity contribution in [3.63, 3.8) is 0 Å². The van der Waals surface area contributed by atoms with Crippen LogP contribution in [0.15, 0.2) is 57.7 Å². The first-order valence-electron chi connectivity index (χ1n) is 8.58. The second-order valence-electron chi connectivity index (χ2n) is 6.11. The van der Waals surface area contributed by atoms with Crippen LogP contribution in [0.4, 0.5) is 0 Å². The molecular weight excluding hydrogens is 360 g/mol. The number of aromatic nitrogens is 3. The minimum absolute atomic E-state index is 0.521. The second kappa shape index (κ2) is 7.63. The fraction of sp³-hybridized carbons (Fsp3) is 0.211. The molecule has 0 aliphatic heterocycles. The minimum atomic E-state index is 0.521. The van der Waals surface area contributed by atoms with Crippen LogP contribution in [-0.4, -0.2) is 27.4 Å². The van der Waals surface area contributed by atoms with Crippen LogP contribution in [0.25, 0.3) is 16.4 Å². The van der Waals surface area contributed by atoms with E-state index in [1.165, 1.54) is 5.56 Å². The van der Waals surface area contributed by atoms with Gasteiger partial charge in [0.15, 0.2) is 10.9 Å². The van der Waals surface area contributed by atoms with Gasteiger partial charge in [-0.2, -0.15) is 0 Å². The number of aryl methyl sites for hydroxylation is 1. The molecule has 0 aliphatic rings. The number of thiazole rings is 1. The number of hydrogen-bond donors (Lipinski definition) is 2. The van der Waals surface area contributed by atoms with E-state index in [0.717, 1.165) is 21.9 Å². The van der Waals surface area contributed by atoms with E-state index >= 15 is 0 Å². The number of imidazole rings is 1. The summed E-state index contributed by atoms with van der Waals surface area (Å²) < 4.78 is 7.60. The maximum Gasteiger partial charge on any atom is 0.226 e. The van der Waals surface area contributed by atoms with Crippen LogP contribution < -0.4 is 10.6 Å². The van der Waals surface area contributed by atoms with E-state index in [4.69, 9.17) is 4.42 Å². The summed E-state index contributed by atoms with van der Waals surface area (Å²) in [7, 11) is 1.74. The molecule has 3 heterocycles. The Kier molecular flexibility index (Phi) is 4.88. The largest absolute Gasteiger partial charge is 0.444 e. The molecule has 0 fully saturated rings. The van der Waals surface area contributed by atoms with Gasteiger partial charge in [0.1, 0.15) is 6.26 Å². The number of rotatable bonds is 5. The van der Waals surface area contributed by atoms with Crippen LogP contribution >= 0.6 is 11.3 Å². The number of guanidine groups is 1. The van der Waals surface area contributed by atoms with Crippen molar-refractivity contribution < 1.29 is 4.42 Å². The first-order valence-corrected chi connectivity index (χ1v) is 9.46. The fourth-order valence-corrected chi connectivity index (χ4v) is 3.37. The molecule has 0 saturated carbocycles. The van der Waals surface area contributed by atoms with Crippen LogP contribution in [0.1, 0.15) is 17.0 Å². The van der Waals surface area contributed by atoms with Gasteiger partial charge in [-0.15, -0.1) is 11.3 Å². The van der Waals surface area contributed by atoms with Gasteiger partial charge in [-0.05, 0) is 19.1 Å². The molecule has 4 rings (SSSR count). The lowest BCUT2D eigenvalue weighted by atomic mass is 10.1. The summed E-state index contributed by atoms with van der Waals surface area (Å²) >= 11 is 1.62. The van der Waals surface area contributed by atoms with E-state index < -0.39 is 0 Å². The zero-order valence-corrected chi connectivity index (χ0v) is 16.0. The summed E-state index contributed by atoms with van der Waals surface area (Å²) in [6, 6.07) is 8.11. The summed E-state index contributed by atoms with van der Waals surface area (Å²) in [5, 5.41) is 8.52. The SMILES string of the molecule is CN=C(NCc1coc(-c2ccc(C)cc2)n1)NCc1cn2ccsc2n1. The summed E-state index contributed by atoms with van der Waals surface area (Å²) in [6.45, 7) is 3.18. The summed E-state index contributed by atoms with van der Waals surface area (Å²) in [5.74, 6) is 1.30. The topological polar surface area (TPSA) is 79.8 Å². The Hall–Kier alpha value is -3.13. The predicted molar refractivity (Wildman–Crippen MR) is 107 cm³/mol. The summed E-state index contributed by atoms with van der Waals surface area (Å²) in [5.41, 5.74) is 3.96. The molecule has 0 amide bonds. The molecular formula is C19H20N6OS. The van der Waals surface area contributed by atoms with Crippen molar-refractivity contribution in [3.05, 3.63) is 65.3 Å². The maximum absolute atomic E-state index is 5.59. The monoisotopic (exact) mass is 380 g/mol. The molecule has 3 aromatic heterocycles. The first-order chi connectivity index (χ1) is 13.2. The van der Waals surface area contributed by atoms with E-state index in [1.807, 2.05) is 46.4 Å². The number of hydrogen-bond acceptors (Lipinski definition) is 5. The van der Waals surface area contributed by atoms with Gasteiger partial charge in [-0.1, -0.05) is 17.7 Å². The normalized spacial score (nSPS) is 11.9. The van der Waals surface area contributed by atoms with Crippen molar-refractivity contribution in [2.45, 2.75) is 20.0 Å². The molecule has 7 nitrogen and oxygen atoms in total. The molecule has 0 aliphatic carbocycles. The van der Waals surface area contributed by atoms with E-state index in [2.05, 4.69) is 32.5 Å². The highest BCUT2D eigenvalue weighted by Crippen LogP contribution is 2.19. The minimum Gasteiger partial charge on any atom is -0.444 e. The average molecular weight is 380 g/mol. The molecule has 27 heavy (non-hydrogen) atoms. The van der Waals surface area contributed by atoms with Crippen LogP contribution in [0.3, 0.4) is 0 Å².